The maximum atomic E-state index is 12.5. The molecule has 6 nitrogen and oxygen atoms in total. The summed E-state index contributed by atoms with van der Waals surface area (Å²) in [6.45, 7) is 8.77. The molecule has 0 aliphatic carbocycles. The number of rotatable bonds is 9. The lowest BCUT2D eigenvalue weighted by Gasteiger charge is -2.39. The van der Waals surface area contributed by atoms with E-state index < -0.39 is 12.5 Å². The zero-order chi connectivity index (χ0) is 24.7. The molecule has 0 spiro atoms. The van der Waals surface area contributed by atoms with E-state index in [1.165, 1.54) is 10.9 Å². The van der Waals surface area contributed by atoms with Crippen LogP contribution < -0.4 is 5.30 Å². The summed E-state index contributed by atoms with van der Waals surface area (Å²) >= 11 is 0. The van der Waals surface area contributed by atoms with Crippen LogP contribution in [0.4, 0.5) is 14.5 Å². The zero-order valence-electron chi connectivity index (χ0n) is 20.7. The van der Waals surface area contributed by atoms with Gasteiger partial charge in [-0.25, -0.2) is 13.8 Å². The Morgan fingerprint density at radius 3 is 2.65 bits per heavy atom. The number of aliphatic imine (C=N–C) groups is 2. The Hall–Kier alpha value is -1.73. The Labute approximate surface area is 204 Å². The molecule has 0 bridgehead atoms. The van der Waals surface area contributed by atoms with Crippen molar-refractivity contribution in [3.8, 4) is 0 Å². The van der Waals surface area contributed by atoms with Crippen molar-refractivity contribution < 1.29 is 13.9 Å². The number of allylic oxidation sites excluding steroid dienone is 1. The average Bonchev–Trinajstić information content (AvgIpc) is 2.82. The van der Waals surface area contributed by atoms with Crippen LogP contribution in [-0.4, -0.2) is 97.4 Å². The molecule has 188 valence electrons. The monoisotopic (exact) mass is 493 g/mol. The number of piperazine rings is 1. The first kappa shape index (κ1) is 26.9. The molecule has 0 saturated carbocycles. The first-order valence-corrected chi connectivity index (χ1v) is 13.2. The SMILES string of the molecule is CC(/C=C\N=C(\CN1CCN(C(C)c2ccc3c(c2)PCC=N3)CC1)N(C)C)CC(O)C(F)F. The van der Waals surface area contributed by atoms with Crippen molar-refractivity contribution >= 4 is 31.6 Å². The second-order valence-corrected chi connectivity index (χ2v) is 10.7. The number of halogens is 2. The molecule has 34 heavy (non-hydrogen) atoms. The molecule has 2 aliphatic rings. The molecular weight excluding hydrogens is 455 g/mol. The van der Waals surface area contributed by atoms with Crippen LogP contribution in [0.25, 0.3) is 0 Å². The average molecular weight is 494 g/mol. The second kappa shape index (κ2) is 12.8. The van der Waals surface area contributed by atoms with E-state index in [4.69, 9.17) is 0 Å². The van der Waals surface area contributed by atoms with Crippen molar-refractivity contribution in [2.75, 3.05) is 53.0 Å². The van der Waals surface area contributed by atoms with Gasteiger partial charge in [-0.2, -0.15) is 0 Å². The largest absolute Gasteiger partial charge is 0.387 e. The molecule has 0 amide bonds. The van der Waals surface area contributed by atoms with Gasteiger partial charge in [-0.15, -0.1) is 0 Å². The van der Waals surface area contributed by atoms with Crippen LogP contribution in [0.15, 0.2) is 40.5 Å². The van der Waals surface area contributed by atoms with E-state index in [1.54, 1.807) is 12.3 Å². The van der Waals surface area contributed by atoms with E-state index in [0.29, 0.717) is 6.04 Å². The zero-order valence-corrected chi connectivity index (χ0v) is 21.7. The highest BCUT2D eigenvalue weighted by Crippen LogP contribution is 2.28. The number of amidine groups is 1. The molecule has 1 aromatic rings. The van der Waals surface area contributed by atoms with Crippen LogP contribution in [0, 0.1) is 5.92 Å². The number of fused-ring (bicyclic) bond motifs is 1. The Morgan fingerprint density at radius 1 is 1.24 bits per heavy atom. The summed E-state index contributed by atoms with van der Waals surface area (Å²) in [5.41, 5.74) is 2.48. The van der Waals surface area contributed by atoms with Crippen molar-refractivity contribution in [3.63, 3.8) is 0 Å². The van der Waals surface area contributed by atoms with Crippen LogP contribution in [0.2, 0.25) is 0 Å². The molecule has 4 unspecified atom stereocenters. The van der Waals surface area contributed by atoms with Crippen molar-refractivity contribution in [1.29, 1.82) is 0 Å². The Balaban J connectivity index is 1.51. The maximum Gasteiger partial charge on any atom is 0.264 e. The molecule has 2 aliphatic heterocycles. The summed E-state index contributed by atoms with van der Waals surface area (Å²) in [7, 11) is 4.75. The van der Waals surface area contributed by atoms with Gasteiger partial charge in [0, 0.05) is 64.9 Å². The molecule has 0 aromatic heterocycles. The lowest BCUT2D eigenvalue weighted by molar-refractivity contribution is -0.0135. The van der Waals surface area contributed by atoms with Gasteiger partial charge in [-0.05, 0) is 42.3 Å². The van der Waals surface area contributed by atoms with Gasteiger partial charge in [0.15, 0.2) is 0 Å². The number of hydrogen-bond acceptors (Lipinski definition) is 5. The molecule has 9 heteroatoms. The number of benzene rings is 1. The summed E-state index contributed by atoms with van der Waals surface area (Å²) < 4.78 is 25.0. The number of alkyl halides is 2. The number of aliphatic hydroxyl groups excluding tert-OH is 1. The predicted molar refractivity (Wildman–Crippen MR) is 140 cm³/mol. The van der Waals surface area contributed by atoms with E-state index in [0.717, 1.165) is 59.0 Å². The molecule has 1 aromatic carbocycles. The topological polar surface area (TPSA) is 54.7 Å². The third-order valence-corrected chi connectivity index (χ3v) is 7.66. The van der Waals surface area contributed by atoms with Gasteiger partial charge in [-0.3, -0.25) is 14.8 Å². The van der Waals surface area contributed by atoms with Gasteiger partial charge in [0.2, 0.25) is 0 Å². The van der Waals surface area contributed by atoms with Crippen molar-refractivity contribution in [3.05, 3.63) is 36.0 Å². The van der Waals surface area contributed by atoms with Gasteiger partial charge >= 0.3 is 0 Å². The van der Waals surface area contributed by atoms with Crippen molar-refractivity contribution in [2.24, 2.45) is 15.9 Å². The molecule has 1 fully saturated rings. The van der Waals surface area contributed by atoms with E-state index in [1.807, 2.05) is 32.1 Å². The lowest BCUT2D eigenvalue weighted by Crippen LogP contribution is -2.49. The van der Waals surface area contributed by atoms with Gasteiger partial charge < -0.3 is 10.0 Å². The van der Waals surface area contributed by atoms with Crippen molar-refractivity contribution in [2.45, 2.75) is 38.8 Å². The molecule has 1 N–H and O–H groups in total. The van der Waals surface area contributed by atoms with Gasteiger partial charge in [0.05, 0.1) is 12.2 Å². The highest BCUT2D eigenvalue weighted by molar-refractivity contribution is 7.48. The lowest BCUT2D eigenvalue weighted by atomic mass is 10.0. The molecular formula is C25H38F2N5OP. The van der Waals surface area contributed by atoms with Gasteiger partial charge in [0.1, 0.15) is 11.9 Å². The minimum Gasteiger partial charge on any atom is -0.387 e. The summed E-state index contributed by atoms with van der Waals surface area (Å²) in [5, 5.41) is 10.7. The second-order valence-electron chi connectivity index (χ2n) is 9.35. The number of aliphatic hydroxyl groups is 1. The quantitative estimate of drug-likeness (QED) is 0.325. The molecule has 4 atom stereocenters. The first-order chi connectivity index (χ1) is 16.2. The maximum absolute atomic E-state index is 12.5. The number of hydrogen-bond donors (Lipinski definition) is 1. The Bertz CT molecular complexity index is 884. The summed E-state index contributed by atoms with van der Waals surface area (Å²) in [6.07, 6.45) is 2.24. The van der Waals surface area contributed by atoms with Crippen LogP contribution in [0.5, 0.6) is 0 Å². The van der Waals surface area contributed by atoms with E-state index in [-0.39, 0.29) is 12.3 Å². The third kappa shape index (κ3) is 7.64. The predicted octanol–water partition coefficient (Wildman–Crippen LogP) is 3.51. The molecule has 2 heterocycles. The van der Waals surface area contributed by atoms with Gasteiger partial charge in [0.25, 0.3) is 6.43 Å². The van der Waals surface area contributed by atoms with Crippen LogP contribution in [0.3, 0.4) is 0 Å². The number of nitrogens with zero attached hydrogens (tertiary/aromatic N) is 5. The fraction of sp³-hybridized carbons (Fsp3) is 0.600. The molecule has 1 saturated heterocycles. The van der Waals surface area contributed by atoms with E-state index in [9.17, 15) is 13.9 Å². The van der Waals surface area contributed by atoms with Gasteiger partial charge in [-0.1, -0.05) is 27.6 Å². The van der Waals surface area contributed by atoms with E-state index in [2.05, 4.69) is 44.9 Å². The Kier molecular flexibility index (Phi) is 10.1. The highest BCUT2D eigenvalue weighted by Gasteiger charge is 2.24. The highest BCUT2D eigenvalue weighted by atomic mass is 31.1. The standard InChI is InChI=1S/C25H38F2N5OP/c1-18(15-22(33)25(26)27)7-8-29-24(30(3)4)17-31-10-12-32(13-11-31)19(2)20-5-6-21-23(16-20)34-14-9-28-21/h5-9,16,18-19,22,25,33-34H,10-15,17H2,1-4H3/b8-7-,29-24-. The Morgan fingerprint density at radius 2 is 1.97 bits per heavy atom. The van der Waals surface area contributed by atoms with Crippen molar-refractivity contribution in [1.82, 2.24) is 14.7 Å². The van der Waals surface area contributed by atoms with Crippen LogP contribution in [0.1, 0.15) is 31.9 Å². The normalized spacial score (nSPS) is 21.2. The minimum absolute atomic E-state index is 0.0268. The van der Waals surface area contributed by atoms with Crippen LogP contribution >= 0.6 is 8.58 Å². The third-order valence-electron chi connectivity index (χ3n) is 6.50. The van der Waals surface area contributed by atoms with Crippen LogP contribution in [-0.2, 0) is 0 Å². The summed E-state index contributed by atoms with van der Waals surface area (Å²) in [4.78, 5) is 16.0. The minimum atomic E-state index is -2.71. The summed E-state index contributed by atoms with van der Waals surface area (Å²) in [6, 6.07) is 7.08. The fourth-order valence-electron chi connectivity index (χ4n) is 4.22. The number of likely N-dealkylation sites (N-methyl/N-ethyl adjacent to an activating group) is 1. The first-order valence-electron chi connectivity index (χ1n) is 12.0. The smallest absolute Gasteiger partial charge is 0.264 e. The molecule has 3 rings (SSSR count). The fourth-order valence-corrected chi connectivity index (χ4v) is 5.22. The molecule has 0 radical (unpaired) electrons. The summed E-state index contributed by atoms with van der Waals surface area (Å²) in [5.74, 6) is 0.757. The van der Waals surface area contributed by atoms with E-state index >= 15 is 0 Å².